The first-order valence-corrected chi connectivity index (χ1v) is 10.9. The lowest BCUT2D eigenvalue weighted by atomic mass is 10.0. The van der Waals surface area contributed by atoms with E-state index in [1.54, 1.807) is 0 Å². The van der Waals surface area contributed by atoms with Crippen molar-refractivity contribution in [2.75, 3.05) is 32.1 Å². The molecule has 6 nitrogen and oxygen atoms in total. The molecule has 0 bridgehead atoms. The maximum Gasteiger partial charge on any atom is 0.243 e. The molecule has 1 atom stereocenters. The van der Waals surface area contributed by atoms with Crippen LogP contribution in [-0.4, -0.2) is 51.9 Å². The first kappa shape index (κ1) is 21.3. The molecule has 0 unspecified atom stereocenters. The van der Waals surface area contributed by atoms with Gasteiger partial charge in [0.2, 0.25) is 15.9 Å². The average Bonchev–Trinajstić information content (AvgIpc) is 2.60. The number of anilines is 1. The molecule has 1 fully saturated rings. The zero-order valence-corrected chi connectivity index (χ0v) is 17.6. The molecule has 0 aromatic heterocycles. The zero-order valence-electron chi connectivity index (χ0n) is 16.8. The smallest absolute Gasteiger partial charge is 0.243 e. The normalized spacial score (nSPS) is 16.1. The van der Waals surface area contributed by atoms with Gasteiger partial charge in [-0.25, -0.2) is 12.8 Å². The number of sulfonamides is 1. The van der Waals surface area contributed by atoms with Gasteiger partial charge in [0.1, 0.15) is 5.82 Å². The van der Waals surface area contributed by atoms with E-state index in [1.807, 2.05) is 50.2 Å². The fourth-order valence-electron chi connectivity index (χ4n) is 3.25. The van der Waals surface area contributed by atoms with E-state index >= 15 is 0 Å². The molecule has 0 radical (unpaired) electrons. The standard InChI is InChI=1S/C21H26FN3O3S/c1-15(12-16-4-8-19(9-5-16)24(2)3)23-21(26)17-13-25(14-17)29(27,28)20-10-6-18(22)7-11-20/h4-11,15,17H,12-14H2,1-3H3,(H,23,26)/t15-/m1/s1. The Morgan fingerprint density at radius 2 is 1.72 bits per heavy atom. The van der Waals surface area contributed by atoms with E-state index in [4.69, 9.17) is 0 Å². The van der Waals surface area contributed by atoms with Gasteiger partial charge in [0, 0.05) is 38.9 Å². The summed E-state index contributed by atoms with van der Waals surface area (Å²) < 4.78 is 39.3. The van der Waals surface area contributed by atoms with Gasteiger partial charge in [0.05, 0.1) is 10.8 Å². The van der Waals surface area contributed by atoms with Crippen molar-refractivity contribution in [1.82, 2.24) is 9.62 Å². The van der Waals surface area contributed by atoms with Crippen molar-refractivity contribution in [3.05, 3.63) is 59.9 Å². The van der Waals surface area contributed by atoms with E-state index in [0.29, 0.717) is 6.42 Å². The molecular weight excluding hydrogens is 393 g/mol. The minimum absolute atomic E-state index is 0.0345. The first-order valence-electron chi connectivity index (χ1n) is 9.49. The SMILES string of the molecule is C[C@H](Cc1ccc(N(C)C)cc1)NC(=O)C1CN(S(=O)(=O)c2ccc(F)cc2)C1. The van der Waals surface area contributed by atoms with Crippen molar-refractivity contribution in [3.8, 4) is 0 Å². The van der Waals surface area contributed by atoms with Gasteiger partial charge >= 0.3 is 0 Å². The molecule has 29 heavy (non-hydrogen) atoms. The highest BCUT2D eigenvalue weighted by Crippen LogP contribution is 2.25. The summed E-state index contributed by atoms with van der Waals surface area (Å²) in [6, 6.07) is 12.8. The highest BCUT2D eigenvalue weighted by Gasteiger charge is 2.40. The third-order valence-electron chi connectivity index (χ3n) is 5.05. The summed E-state index contributed by atoms with van der Waals surface area (Å²) in [7, 11) is 0.273. The predicted octanol–water partition coefficient (Wildman–Crippen LogP) is 2.26. The lowest BCUT2D eigenvalue weighted by molar-refractivity contribution is -0.128. The van der Waals surface area contributed by atoms with Crippen LogP contribution in [0.3, 0.4) is 0 Å². The molecule has 1 N–H and O–H groups in total. The number of hydrogen-bond acceptors (Lipinski definition) is 4. The Balaban J connectivity index is 1.50. The third-order valence-corrected chi connectivity index (χ3v) is 6.90. The Hall–Kier alpha value is -2.45. The van der Waals surface area contributed by atoms with Crippen LogP contribution in [0.2, 0.25) is 0 Å². The maximum absolute atomic E-state index is 13.0. The van der Waals surface area contributed by atoms with Gasteiger partial charge in [0.25, 0.3) is 0 Å². The summed E-state index contributed by atoms with van der Waals surface area (Å²) in [5, 5.41) is 2.97. The van der Waals surface area contributed by atoms with Crippen molar-refractivity contribution in [2.24, 2.45) is 5.92 Å². The number of benzene rings is 2. The second-order valence-electron chi connectivity index (χ2n) is 7.65. The van der Waals surface area contributed by atoms with E-state index < -0.39 is 15.8 Å². The van der Waals surface area contributed by atoms with Gasteiger partial charge in [-0.3, -0.25) is 4.79 Å². The lowest BCUT2D eigenvalue weighted by Crippen LogP contribution is -2.56. The van der Waals surface area contributed by atoms with E-state index in [0.717, 1.165) is 23.4 Å². The molecule has 8 heteroatoms. The zero-order chi connectivity index (χ0) is 21.2. The molecule has 1 aliphatic rings. The Morgan fingerprint density at radius 1 is 1.14 bits per heavy atom. The Morgan fingerprint density at radius 3 is 2.28 bits per heavy atom. The Bertz CT molecular complexity index is 954. The average molecular weight is 420 g/mol. The van der Waals surface area contributed by atoms with Gasteiger partial charge < -0.3 is 10.2 Å². The topological polar surface area (TPSA) is 69.7 Å². The number of hydrogen-bond donors (Lipinski definition) is 1. The van der Waals surface area contributed by atoms with E-state index in [9.17, 15) is 17.6 Å². The minimum Gasteiger partial charge on any atom is -0.378 e. The van der Waals surface area contributed by atoms with Crippen LogP contribution in [0.25, 0.3) is 0 Å². The highest BCUT2D eigenvalue weighted by atomic mass is 32.2. The molecule has 1 heterocycles. The number of nitrogens with zero attached hydrogens (tertiary/aromatic N) is 2. The summed E-state index contributed by atoms with van der Waals surface area (Å²) in [6.45, 7) is 2.20. The molecule has 2 aromatic carbocycles. The maximum atomic E-state index is 13.0. The molecule has 1 saturated heterocycles. The number of carbonyl (C=O) groups excluding carboxylic acids is 1. The van der Waals surface area contributed by atoms with Gasteiger partial charge in [-0.15, -0.1) is 0 Å². The molecule has 0 spiro atoms. The number of nitrogens with one attached hydrogen (secondary N) is 1. The molecule has 0 aliphatic carbocycles. The van der Waals surface area contributed by atoms with Crippen LogP contribution >= 0.6 is 0 Å². The molecular formula is C21H26FN3O3S. The number of rotatable bonds is 7. The summed E-state index contributed by atoms with van der Waals surface area (Å²) >= 11 is 0. The van der Waals surface area contributed by atoms with Crippen LogP contribution in [-0.2, 0) is 21.2 Å². The summed E-state index contributed by atoms with van der Waals surface area (Å²) in [5.41, 5.74) is 2.24. The van der Waals surface area contributed by atoms with Gasteiger partial charge in [-0.1, -0.05) is 12.1 Å². The molecule has 0 saturated carbocycles. The van der Waals surface area contributed by atoms with Gasteiger partial charge in [-0.05, 0) is 55.3 Å². The predicted molar refractivity (Wildman–Crippen MR) is 111 cm³/mol. The fraction of sp³-hybridized carbons (Fsp3) is 0.381. The van der Waals surface area contributed by atoms with Crippen LogP contribution in [0.15, 0.2) is 53.4 Å². The van der Waals surface area contributed by atoms with E-state index in [1.165, 1.54) is 16.4 Å². The summed E-state index contributed by atoms with van der Waals surface area (Å²) in [5.74, 6) is -1.01. The number of amides is 1. The van der Waals surface area contributed by atoms with Crippen LogP contribution < -0.4 is 10.2 Å². The third kappa shape index (κ3) is 4.94. The lowest BCUT2D eigenvalue weighted by Gasteiger charge is -2.37. The Kier molecular flexibility index (Phi) is 6.24. The summed E-state index contributed by atoms with van der Waals surface area (Å²) in [4.78, 5) is 14.5. The quantitative estimate of drug-likeness (QED) is 0.748. The summed E-state index contributed by atoms with van der Waals surface area (Å²) in [6.07, 6.45) is 0.698. The highest BCUT2D eigenvalue weighted by molar-refractivity contribution is 7.89. The van der Waals surface area contributed by atoms with Crippen LogP contribution in [0, 0.1) is 11.7 Å². The van der Waals surface area contributed by atoms with Crippen molar-refractivity contribution in [3.63, 3.8) is 0 Å². The second-order valence-corrected chi connectivity index (χ2v) is 9.59. The largest absolute Gasteiger partial charge is 0.378 e. The fourth-order valence-corrected chi connectivity index (χ4v) is 4.78. The van der Waals surface area contributed by atoms with Gasteiger partial charge in [-0.2, -0.15) is 4.31 Å². The van der Waals surface area contributed by atoms with Crippen LogP contribution in [0.1, 0.15) is 12.5 Å². The van der Waals surface area contributed by atoms with Gasteiger partial charge in [0.15, 0.2) is 0 Å². The minimum atomic E-state index is -3.69. The van der Waals surface area contributed by atoms with Crippen LogP contribution in [0.4, 0.5) is 10.1 Å². The Labute approximate surface area is 171 Å². The first-order chi connectivity index (χ1) is 13.7. The van der Waals surface area contributed by atoms with Crippen LogP contribution in [0.5, 0.6) is 0 Å². The molecule has 3 rings (SSSR count). The van der Waals surface area contributed by atoms with Crippen molar-refractivity contribution in [1.29, 1.82) is 0 Å². The second kappa shape index (κ2) is 8.51. The number of halogens is 1. The molecule has 1 amide bonds. The molecule has 1 aliphatic heterocycles. The van der Waals surface area contributed by atoms with Crippen molar-refractivity contribution in [2.45, 2.75) is 24.3 Å². The van der Waals surface area contributed by atoms with E-state index in [-0.39, 0.29) is 35.9 Å². The van der Waals surface area contributed by atoms with Crippen molar-refractivity contribution >= 4 is 21.6 Å². The number of carbonyl (C=O) groups is 1. The molecule has 156 valence electrons. The van der Waals surface area contributed by atoms with E-state index in [2.05, 4.69) is 5.32 Å². The van der Waals surface area contributed by atoms with Crippen molar-refractivity contribution < 1.29 is 17.6 Å². The monoisotopic (exact) mass is 419 g/mol. The molecule has 2 aromatic rings.